The molecule has 0 unspecified atom stereocenters. The van der Waals surface area contributed by atoms with Crippen molar-refractivity contribution in [1.29, 1.82) is 0 Å². The van der Waals surface area contributed by atoms with E-state index in [1.165, 1.54) is 43.5 Å². The van der Waals surface area contributed by atoms with E-state index in [0.717, 1.165) is 0 Å². The summed E-state index contributed by atoms with van der Waals surface area (Å²) < 4.78 is 36.5. The number of nitrogens with two attached hydrogens (primary N) is 1. The number of ether oxygens (including phenoxy) is 2. The van der Waals surface area contributed by atoms with Crippen LogP contribution in [0.3, 0.4) is 0 Å². The van der Waals surface area contributed by atoms with Crippen molar-refractivity contribution in [3.8, 4) is 17.2 Å². The molecule has 3 nitrogen and oxygen atoms in total. The normalized spacial score (nSPS) is 10.2. The van der Waals surface area contributed by atoms with E-state index < -0.39 is 11.6 Å². The van der Waals surface area contributed by atoms with Crippen LogP contribution < -0.4 is 15.2 Å². The molecule has 0 spiro atoms. The first-order valence-electron chi connectivity index (χ1n) is 5.16. The maximum absolute atomic E-state index is 13.1. The van der Waals surface area contributed by atoms with Crippen molar-refractivity contribution in [2.45, 2.75) is 0 Å². The summed E-state index contributed by atoms with van der Waals surface area (Å²) in [4.78, 5) is 0. The molecule has 0 radical (unpaired) electrons. The molecular weight excluding hydrogens is 240 g/mol. The van der Waals surface area contributed by atoms with E-state index in [-0.39, 0.29) is 22.9 Å². The maximum Gasteiger partial charge on any atom is 0.169 e. The molecule has 2 aromatic carbocycles. The summed E-state index contributed by atoms with van der Waals surface area (Å²) in [6.07, 6.45) is 0. The van der Waals surface area contributed by atoms with Crippen LogP contribution in [-0.4, -0.2) is 7.11 Å². The molecular formula is C13H11F2NO2. The standard InChI is InChI=1S/C13H11F2NO2/c1-17-13-6-8(14)2-3-12(13)18-11-5-9(15)4-10(16)7-11/h2-7H,16H2,1H3. The van der Waals surface area contributed by atoms with Gasteiger partial charge in [-0.25, -0.2) is 8.78 Å². The Morgan fingerprint density at radius 3 is 2.39 bits per heavy atom. The third-order valence-corrected chi connectivity index (χ3v) is 2.25. The van der Waals surface area contributed by atoms with Crippen LogP contribution in [0.5, 0.6) is 17.2 Å². The van der Waals surface area contributed by atoms with Crippen LogP contribution in [-0.2, 0) is 0 Å². The monoisotopic (exact) mass is 251 g/mol. The average Bonchev–Trinajstić information content (AvgIpc) is 2.30. The molecule has 0 bridgehead atoms. The van der Waals surface area contributed by atoms with Crippen LogP contribution in [0.15, 0.2) is 36.4 Å². The molecule has 2 N–H and O–H groups in total. The Kier molecular flexibility index (Phi) is 3.32. The van der Waals surface area contributed by atoms with Crippen LogP contribution in [0, 0.1) is 11.6 Å². The highest BCUT2D eigenvalue weighted by molar-refractivity contribution is 5.48. The van der Waals surface area contributed by atoms with E-state index >= 15 is 0 Å². The van der Waals surface area contributed by atoms with Crippen molar-refractivity contribution >= 4 is 5.69 Å². The minimum Gasteiger partial charge on any atom is -0.493 e. The summed E-state index contributed by atoms with van der Waals surface area (Å²) in [5.41, 5.74) is 5.74. The van der Waals surface area contributed by atoms with Gasteiger partial charge in [0.05, 0.1) is 7.11 Å². The number of rotatable bonds is 3. The summed E-state index contributed by atoms with van der Waals surface area (Å²) in [5, 5.41) is 0. The number of benzene rings is 2. The van der Waals surface area contributed by atoms with Gasteiger partial charge in [0, 0.05) is 23.9 Å². The molecule has 0 saturated carbocycles. The Hall–Kier alpha value is -2.30. The second-order valence-corrected chi connectivity index (χ2v) is 3.62. The summed E-state index contributed by atoms with van der Waals surface area (Å²) in [7, 11) is 1.39. The number of hydrogen-bond acceptors (Lipinski definition) is 3. The zero-order chi connectivity index (χ0) is 13.1. The molecule has 0 atom stereocenters. The highest BCUT2D eigenvalue weighted by Crippen LogP contribution is 2.32. The second-order valence-electron chi connectivity index (χ2n) is 3.62. The lowest BCUT2D eigenvalue weighted by molar-refractivity contribution is 0.375. The number of anilines is 1. The molecule has 0 aromatic heterocycles. The van der Waals surface area contributed by atoms with Crippen LogP contribution in [0.2, 0.25) is 0 Å². The van der Waals surface area contributed by atoms with E-state index in [2.05, 4.69) is 0 Å². The molecule has 0 heterocycles. The van der Waals surface area contributed by atoms with Gasteiger partial charge in [-0.05, 0) is 18.2 Å². The van der Waals surface area contributed by atoms with Gasteiger partial charge in [0.2, 0.25) is 0 Å². The molecule has 0 amide bonds. The first kappa shape index (κ1) is 12.2. The predicted molar refractivity (Wildman–Crippen MR) is 63.8 cm³/mol. The van der Waals surface area contributed by atoms with Gasteiger partial charge in [-0.15, -0.1) is 0 Å². The summed E-state index contributed by atoms with van der Waals surface area (Å²) in [6.45, 7) is 0. The van der Waals surface area contributed by atoms with Crippen LogP contribution in [0.25, 0.3) is 0 Å². The Morgan fingerprint density at radius 1 is 0.944 bits per heavy atom. The Labute approximate surface area is 103 Å². The molecule has 0 aliphatic rings. The maximum atomic E-state index is 13.1. The molecule has 0 aliphatic carbocycles. The van der Waals surface area contributed by atoms with Crippen LogP contribution >= 0.6 is 0 Å². The van der Waals surface area contributed by atoms with Crippen molar-refractivity contribution in [2.24, 2.45) is 0 Å². The van der Waals surface area contributed by atoms with Crippen LogP contribution in [0.4, 0.5) is 14.5 Å². The molecule has 94 valence electrons. The fourth-order valence-corrected chi connectivity index (χ4v) is 1.50. The topological polar surface area (TPSA) is 44.5 Å². The van der Waals surface area contributed by atoms with E-state index in [4.69, 9.17) is 15.2 Å². The molecule has 0 saturated heterocycles. The minimum absolute atomic E-state index is 0.220. The van der Waals surface area contributed by atoms with Crippen molar-refractivity contribution in [3.05, 3.63) is 48.0 Å². The Morgan fingerprint density at radius 2 is 1.72 bits per heavy atom. The molecule has 18 heavy (non-hydrogen) atoms. The SMILES string of the molecule is COc1cc(F)ccc1Oc1cc(N)cc(F)c1. The van der Waals surface area contributed by atoms with E-state index in [9.17, 15) is 8.78 Å². The van der Waals surface area contributed by atoms with E-state index in [1.807, 2.05) is 0 Å². The van der Waals surface area contributed by atoms with E-state index in [1.54, 1.807) is 0 Å². The Balaban J connectivity index is 2.33. The highest BCUT2D eigenvalue weighted by Gasteiger charge is 2.08. The third-order valence-electron chi connectivity index (χ3n) is 2.25. The molecule has 0 fully saturated rings. The number of hydrogen-bond donors (Lipinski definition) is 1. The molecule has 2 aromatic rings. The average molecular weight is 251 g/mol. The fraction of sp³-hybridized carbons (Fsp3) is 0.0769. The zero-order valence-electron chi connectivity index (χ0n) is 9.61. The van der Waals surface area contributed by atoms with Crippen LogP contribution in [0.1, 0.15) is 0 Å². The smallest absolute Gasteiger partial charge is 0.169 e. The fourth-order valence-electron chi connectivity index (χ4n) is 1.50. The summed E-state index contributed by atoms with van der Waals surface area (Å²) in [5.74, 6) is -0.233. The quantitative estimate of drug-likeness (QED) is 0.851. The zero-order valence-corrected chi connectivity index (χ0v) is 9.61. The highest BCUT2D eigenvalue weighted by atomic mass is 19.1. The van der Waals surface area contributed by atoms with Gasteiger partial charge in [-0.3, -0.25) is 0 Å². The molecule has 0 aliphatic heterocycles. The van der Waals surface area contributed by atoms with Crippen molar-refractivity contribution in [2.75, 3.05) is 12.8 Å². The van der Waals surface area contributed by atoms with Gasteiger partial charge in [0.15, 0.2) is 11.5 Å². The van der Waals surface area contributed by atoms with Gasteiger partial charge in [-0.1, -0.05) is 0 Å². The number of methoxy groups -OCH3 is 1. The van der Waals surface area contributed by atoms with Gasteiger partial charge >= 0.3 is 0 Å². The first-order valence-corrected chi connectivity index (χ1v) is 5.16. The number of nitrogen functional groups attached to an aromatic ring is 1. The van der Waals surface area contributed by atoms with Crippen molar-refractivity contribution in [3.63, 3.8) is 0 Å². The summed E-state index contributed by atoms with van der Waals surface area (Å²) >= 11 is 0. The minimum atomic E-state index is -0.508. The van der Waals surface area contributed by atoms with Gasteiger partial charge in [0.1, 0.15) is 17.4 Å². The summed E-state index contributed by atoms with van der Waals surface area (Å²) in [6, 6.07) is 7.62. The van der Waals surface area contributed by atoms with E-state index in [0.29, 0.717) is 0 Å². The Bertz CT molecular complexity index is 553. The largest absolute Gasteiger partial charge is 0.493 e. The van der Waals surface area contributed by atoms with Crippen molar-refractivity contribution < 1.29 is 18.3 Å². The third kappa shape index (κ3) is 2.68. The molecule has 2 rings (SSSR count). The lowest BCUT2D eigenvalue weighted by Gasteiger charge is -2.10. The van der Waals surface area contributed by atoms with Gasteiger partial charge in [0.25, 0.3) is 0 Å². The lowest BCUT2D eigenvalue weighted by atomic mass is 10.3. The number of halogens is 2. The van der Waals surface area contributed by atoms with Gasteiger partial charge in [-0.2, -0.15) is 0 Å². The lowest BCUT2D eigenvalue weighted by Crippen LogP contribution is -1.93. The molecule has 5 heteroatoms. The first-order chi connectivity index (χ1) is 8.58. The van der Waals surface area contributed by atoms with Gasteiger partial charge < -0.3 is 15.2 Å². The van der Waals surface area contributed by atoms with Crippen molar-refractivity contribution in [1.82, 2.24) is 0 Å². The second kappa shape index (κ2) is 4.91. The predicted octanol–water partition coefficient (Wildman–Crippen LogP) is 3.35.